The minimum atomic E-state index is -3.65. The van der Waals surface area contributed by atoms with E-state index in [0.717, 1.165) is 4.31 Å². The average Bonchev–Trinajstić information content (AvgIpc) is 2.63. The van der Waals surface area contributed by atoms with Crippen LogP contribution in [0.3, 0.4) is 0 Å². The van der Waals surface area contributed by atoms with E-state index in [1.54, 1.807) is 19.9 Å². The van der Waals surface area contributed by atoms with Crippen LogP contribution < -0.4 is 5.32 Å². The lowest BCUT2D eigenvalue weighted by molar-refractivity contribution is -0.123. The summed E-state index contributed by atoms with van der Waals surface area (Å²) in [6.45, 7) is 4.86. The van der Waals surface area contributed by atoms with Crippen LogP contribution in [0, 0.1) is 13.8 Å². The Morgan fingerprint density at radius 1 is 1.14 bits per heavy atom. The van der Waals surface area contributed by atoms with Gasteiger partial charge in [-0.2, -0.15) is 0 Å². The number of hydrogen-bond acceptors (Lipinski definition) is 7. The molecular formula is C18H22N4O5S. The van der Waals surface area contributed by atoms with Crippen molar-refractivity contribution in [2.24, 2.45) is 0 Å². The highest BCUT2D eigenvalue weighted by Crippen LogP contribution is 2.22. The largest absolute Gasteiger partial charge is 0.448 e. The molecule has 28 heavy (non-hydrogen) atoms. The van der Waals surface area contributed by atoms with Gasteiger partial charge in [0, 0.05) is 26.0 Å². The van der Waals surface area contributed by atoms with E-state index >= 15 is 0 Å². The van der Waals surface area contributed by atoms with E-state index in [2.05, 4.69) is 15.3 Å². The molecule has 1 atom stereocenters. The molecule has 1 heterocycles. The molecule has 2 rings (SSSR count). The first kappa shape index (κ1) is 21.5. The minimum absolute atomic E-state index is 0.0134. The maximum Gasteiger partial charge on any atom is 0.359 e. The van der Waals surface area contributed by atoms with Gasteiger partial charge in [-0.15, -0.1) is 0 Å². The molecule has 1 aromatic heterocycles. The first-order valence-electron chi connectivity index (χ1n) is 8.36. The van der Waals surface area contributed by atoms with Gasteiger partial charge in [0.2, 0.25) is 10.0 Å². The highest BCUT2D eigenvalue weighted by Gasteiger charge is 2.22. The smallest absolute Gasteiger partial charge is 0.359 e. The molecule has 0 bridgehead atoms. The summed E-state index contributed by atoms with van der Waals surface area (Å²) in [5.41, 5.74) is 1.60. The number of ether oxygens (including phenoxy) is 1. The Morgan fingerprint density at radius 3 is 2.39 bits per heavy atom. The Morgan fingerprint density at radius 2 is 1.82 bits per heavy atom. The van der Waals surface area contributed by atoms with Crippen LogP contribution in [0.25, 0.3) is 0 Å². The third-order valence-corrected chi connectivity index (χ3v) is 5.70. The molecule has 0 saturated carbocycles. The highest BCUT2D eigenvalue weighted by molar-refractivity contribution is 7.89. The van der Waals surface area contributed by atoms with E-state index in [0.29, 0.717) is 16.9 Å². The molecule has 1 unspecified atom stereocenters. The van der Waals surface area contributed by atoms with Gasteiger partial charge in [-0.3, -0.25) is 9.78 Å². The van der Waals surface area contributed by atoms with Gasteiger partial charge in [0.15, 0.2) is 11.8 Å². The molecule has 0 aliphatic heterocycles. The molecule has 1 amide bonds. The van der Waals surface area contributed by atoms with Crippen molar-refractivity contribution >= 4 is 27.6 Å². The fourth-order valence-corrected chi connectivity index (χ4v) is 3.04. The molecule has 0 radical (unpaired) electrons. The van der Waals surface area contributed by atoms with E-state index in [9.17, 15) is 18.0 Å². The van der Waals surface area contributed by atoms with E-state index in [4.69, 9.17) is 4.74 Å². The van der Waals surface area contributed by atoms with Gasteiger partial charge >= 0.3 is 5.97 Å². The average molecular weight is 406 g/mol. The van der Waals surface area contributed by atoms with Crippen molar-refractivity contribution in [1.29, 1.82) is 0 Å². The SMILES string of the molecule is Cc1cnc(C(=O)OC(C)C(=O)Nc2cc(S(=O)(=O)N(C)C)ccc2C)cn1. The molecular weight excluding hydrogens is 384 g/mol. The van der Waals surface area contributed by atoms with Gasteiger partial charge in [0.25, 0.3) is 5.91 Å². The number of benzene rings is 1. The normalized spacial score (nSPS) is 12.5. The van der Waals surface area contributed by atoms with Crippen LogP contribution in [0.15, 0.2) is 35.5 Å². The number of aromatic nitrogens is 2. The predicted molar refractivity (Wildman–Crippen MR) is 102 cm³/mol. The molecule has 1 N–H and O–H groups in total. The number of rotatable bonds is 6. The standard InChI is InChI=1S/C18H22N4O5S/c1-11-6-7-14(28(25,26)22(4)5)8-15(11)21-17(23)13(3)27-18(24)16-10-19-12(2)9-20-16/h6-10,13H,1-5H3,(H,21,23). The number of esters is 1. The third-order valence-electron chi connectivity index (χ3n) is 3.89. The summed E-state index contributed by atoms with van der Waals surface area (Å²) in [5.74, 6) is -1.38. The van der Waals surface area contributed by atoms with Crippen molar-refractivity contribution in [3.05, 3.63) is 47.5 Å². The Hall–Kier alpha value is -2.85. The van der Waals surface area contributed by atoms with Crippen LogP contribution >= 0.6 is 0 Å². The number of amides is 1. The van der Waals surface area contributed by atoms with Gasteiger partial charge < -0.3 is 10.1 Å². The van der Waals surface area contributed by atoms with E-state index in [1.165, 1.54) is 45.5 Å². The predicted octanol–water partition coefficient (Wildman–Crippen LogP) is 1.53. The third kappa shape index (κ3) is 4.90. The maximum atomic E-state index is 12.4. The number of carbonyl (C=O) groups excluding carboxylic acids is 2. The van der Waals surface area contributed by atoms with Crippen molar-refractivity contribution in [2.75, 3.05) is 19.4 Å². The second kappa shape index (κ2) is 8.44. The van der Waals surface area contributed by atoms with Crippen molar-refractivity contribution in [2.45, 2.75) is 31.8 Å². The van der Waals surface area contributed by atoms with Gasteiger partial charge in [-0.1, -0.05) is 6.07 Å². The van der Waals surface area contributed by atoms with E-state index < -0.39 is 28.0 Å². The molecule has 0 aliphatic rings. The lowest BCUT2D eigenvalue weighted by atomic mass is 10.2. The lowest BCUT2D eigenvalue weighted by Gasteiger charge is -2.16. The molecule has 0 aliphatic carbocycles. The minimum Gasteiger partial charge on any atom is -0.448 e. The zero-order valence-electron chi connectivity index (χ0n) is 16.3. The molecule has 9 nitrogen and oxygen atoms in total. The Bertz CT molecular complexity index is 988. The maximum absolute atomic E-state index is 12.4. The number of sulfonamides is 1. The van der Waals surface area contributed by atoms with Crippen LogP contribution in [0.5, 0.6) is 0 Å². The van der Waals surface area contributed by atoms with Crippen molar-refractivity contribution in [3.8, 4) is 0 Å². The summed E-state index contributed by atoms with van der Waals surface area (Å²) in [6, 6.07) is 4.41. The van der Waals surface area contributed by atoms with Crippen LogP contribution in [-0.2, 0) is 19.6 Å². The molecule has 0 spiro atoms. The first-order chi connectivity index (χ1) is 13.0. The monoisotopic (exact) mass is 406 g/mol. The molecule has 2 aromatic rings. The molecule has 0 fully saturated rings. The van der Waals surface area contributed by atoms with Crippen LogP contribution in [0.2, 0.25) is 0 Å². The zero-order chi connectivity index (χ0) is 21.1. The quantitative estimate of drug-likeness (QED) is 0.723. The fraction of sp³-hybridized carbons (Fsp3) is 0.333. The molecule has 10 heteroatoms. The van der Waals surface area contributed by atoms with E-state index in [-0.39, 0.29) is 10.6 Å². The second-order valence-corrected chi connectivity index (χ2v) is 8.50. The lowest BCUT2D eigenvalue weighted by Crippen LogP contribution is -2.30. The van der Waals surface area contributed by atoms with Crippen LogP contribution in [0.4, 0.5) is 5.69 Å². The number of carbonyl (C=O) groups is 2. The summed E-state index contributed by atoms with van der Waals surface area (Å²) >= 11 is 0. The number of hydrogen-bond donors (Lipinski definition) is 1. The summed E-state index contributed by atoms with van der Waals surface area (Å²) < 4.78 is 30.7. The molecule has 1 aromatic carbocycles. The number of anilines is 1. The summed E-state index contributed by atoms with van der Waals surface area (Å²) in [7, 11) is -0.810. The van der Waals surface area contributed by atoms with Gasteiger partial charge in [0.05, 0.1) is 16.8 Å². The van der Waals surface area contributed by atoms with Crippen molar-refractivity contribution < 1.29 is 22.7 Å². The topological polar surface area (TPSA) is 119 Å². The second-order valence-electron chi connectivity index (χ2n) is 6.34. The number of aryl methyl sites for hydroxylation is 2. The van der Waals surface area contributed by atoms with Crippen LogP contribution in [-0.4, -0.2) is 54.8 Å². The summed E-state index contributed by atoms with van der Waals surface area (Å²) in [6.07, 6.45) is 1.56. The Labute approximate surface area is 163 Å². The van der Waals surface area contributed by atoms with Crippen molar-refractivity contribution in [1.82, 2.24) is 14.3 Å². The number of nitrogens with one attached hydrogen (secondary N) is 1. The molecule has 0 saturated heterocycles. The van der Waals surface area contributed by atoms with Gasteiger partial charge in [-0.05, 0) is 38.5 Å². The van der Waals surface area contributed by atoms with Gasteiger partial charge in [-0.25, -0.2) is 22.5 Å². The number of nitrogens with zero attached hydrogens (tertiary/aromatic N) is 3. The summed E-state index contributed by atoms with van der Waals surface area (Å²) in [5, 5.41) is 2.59. The van der Waals surface area contributed by atoms with Crippen LogP contribution in [0.1, 0.15) is 28.7 Å². The summed E-state index contributed by atoms with van der Waals surface area (Å²) in [4.78, 5) is 32.4. The zero-order valence-corrected chi connectivity index (χ0v) is 17.1. The highest BCUT2D eigenvalue weighted by atomic mass is 32.2. The first-order valence-corrected chi connectivity index (χ1v) is 9.80. The fourth-order valence-electron chi connectivity index (χ4n) is 2.11. The van der Waals surface area contributed by atoms with E-state index in [1.807, 2.05) is 0 Å². The Balaban J connectivity index is 2.13. The van der Waals surface area contributed by atoms with Gasteiger partial charge in [0.1, 0.15) is 0 Å². The van der Waals surface area contributed by atoms with Crippen molar-refractivity contribution in [3.63, 3.8) is 0 Å². The molecule has 150 valence electrons. The Kier molecular flexibility index (Phi) is 6.47.